The number of amides is 1. The van der Waals surface area contributed by atoms with E-state index in [1.165, 1.54) is 0 Å². The van der Waals surface area contributed by atoms with Crippen molar-refractivity contribution in [2.24, 2.45) is 0 Å². The minimum absolute atomic E-state index is 0.148. The molecule has 24 heavy (non-hydrogen) atoms. The molecular weight excluding hydrogens is 334 g/mol. The smallest absolute Gasteiger partial charge is 0.321 e. The molecule has 7 nitrogen and oxygen atoms in total. The summed E-state index contributed by atoms with van der Waals surface area (Å²) in [6, 6.07) is 5.80. The lowest BCUT2D eigenvalue weighted by Gasteiger charge is -2.27. The van der Waals surface area contributed by atoms with Gasteiger partial charge in [0.15, 0.2) is 0 Å². The van der Waals surface area contributed by atoms with Gasteiger partial charge in [-0.15, -0.1) is 0 Å². The summed E-state index contributed by atoms with van der Waals surface area (Å²) in [6.07, 6.45) is -0.148. The van der Waals surface area contributed by atoms with Crippen LogP contribution in [0.15, 0.2) is 24.3 Å². The largest absolute Gasteiger partial charge is 0.480 e. The molecule has 1 heterocycles. The van der Waals surface area contributed by atoms with Crippen LogP contribution in [0.3, 0.4) is 0 Å². The number of hydrogen-bond donors (Lipinski definition) is 3. The highest BCUT2D eigenvalue weighted by atomic mass is 35.5. The number of nitrogens with one attached hydrogen (secondary N) is 2. The Morgan fingerprint density at radius 3 is 2.75 bits per heavy atom. The Balaban J connectivity index is 1.77. The van der Waals surface area contributed by atoms with Crippen molar-refractivity contribution >= 4 is 29.2 Å². The van der Waals surface area contributed by atoms with Crippen LogP contribution in [0.4, 0.5) is 5.69 Å². The highest BCUT2D eigenvalue weighted by Crippen LogP contribution is 2.15. The summed E-state index contributed by atoms with van der Waals surface area (Å²) in [5.74, 6) is -1.42. The minimum atomic E-state index is -1.04. The Bertz CT molecular complexity index is 564. The summed E-state index contributed by atoms with van der Waals surface area (Å²) in [6.45, 7) is 4.31. The number of morpholine rings is 1. The fourth-order valence-corrected chi connectivity index (χ4v) is 2.62. The molecule has 8 heteroatoms. The van der Waals surface area contributed by atoms with Crippen molar-refractivity contribution in [2.75, 3.05) is 44.7 Å². The second kappa shape index (κ2) is 9.58. The van der Waals surface area contributed by atoms with Gasteiger partial charge in [0, 0.05) is 36.9 Å². The van der Waals surface area contributed by atoms with Crippen molar-refractivity contribution in [1.29, 1.82) is 0 Å². The summed E-state index contributed by atoms with van der Waals surface area (Å²) < 4.78 is 5.26. The third-order valence-electron chi connectivity index (χ3n) is 3.72. The molecule has 2 rings (SSSR count). The number of aliphatic carboxylic acids is 1. The van der Waals surface area contributed by atoms with E-state index in [0.29, 0.717) is 30.5 Å². The number of halogens is 1. The van der Waals surface area contributed by atoms with Crippen molar-refractivity contribution in [3.05, 3.63) is 29.3 Å². The van der Waals surface area contributed by atoms with Crippen LogP contribution in [0.25, 0.3) is 0 Å². The molecule has 1 aromatic carbocycles. The molecule has 1 atom stereocenters. The Kier molecular flexibility index (Phi) is 7.45. The zero-order valence-electron chi connectivity index (χ0n) is 13.3. The Morgan fingerprint density at radius 1 is 1.33 bits per heavy atom. The molecule has 1 amide bonds. The van der Waals surface area contributed by atoms with E-state index in [4.69, 9.17) is 16.3 Å². The molecule has 1 aromatic rings. The first-order chi connectivity index (χ1) is 11.5. The van der Waals surface area contributed by atoms with E-state index in [1.54, 1.807) is 24.3 Å². The molecule has 132 valence electrons. The lowest BCUT2D eigenvalue weighted by Crippen LogP contribution is -2.45. The van der Waals surface area contributed by atoms with Gasteiger partial charge >= 0.3 is 5.97 Å². The van der Waals surface area contributed by atoms with Crippen molar-refractivity contribution in [1.82, 2.24) is 10.2 Å². The third kappa shape index (κ3) is 6.45. The molecule has 1 aliphatic rings. The van der Waals surface area contributed by atoms with Gasteiger partial charge in [0.2, 0.25) is 5.91 Å². The van der Waals surface area contributed by atoms with E-state index < -0.39 is 12.0 Å². The molecule has 3 N–H and O–H groups in total. The van der Waals surface area contributed by atoms with Crippen molar-refractivity contribution in [2.45, 2.75) is 12.5 Å². The molecule has 0 aromatic heterocycles. The average Bonchev–Trinajstić information content (AvgIpc) is 2.54. The summed E-state index contributed by atoms with van der Waals surface area (Å²) in [7, 11) is 0. The number of benzene rings is 1. The number of carbonyl (C=O) groups excluding carboxylic acids is 1. The highest BCUT2D eigenvalue weighted by Gasteiger charge is 2.21. The number of ether oxygens (including phenoxy) is 1. The van der Waals surface area contributed by atoms with Crippen LogP contribution in [0.5, 0.6) is 0 Å². The maximum Gasteiger partial charge on any atom is 0.321 e. The van der Waals surface area contributed by atoms with Crippen LogP contribution >= 0.6 is 11.6 Å². The Labute approximate surface area is 145 Å². The van der Waals surface area contributed by atoms with E-state index in [-0.39, 0.29) is 12.3 Å². The van der Waals surface area contributed by atoms with Gasteiger partial charge in [-0.25, -0.2) is 0 Å². The molecule has 0 unspecified atom stereocenters. The number of anilines is 1. The number of nitrogens with zero attached hydrogens (tertiary/aromatic N) is 1. The normalized spacial score (nSPS) is 16.5. The van der Waals surface area contributed by atoms with E-state index in [1.807, 2.05) is 0 Å². The fraction of sp³-hybridized carbons (Fsp3) is 0.500. The molecule has 0 saturated carbocycles. The van der Waals surface area contributed by atoms with Crippen LogP contribution in [0.2, 0.25) is 5.02 Å². The van der Waals surface area contributed by atoms with Crippen molar-refractivity contribution in [3.63, 3.8) is 0 Å². The fourth-order valence-electron chi connectivity index (χ4n) is 2.43. The number of hydrogen-bond acceptors (Lipinski definition) is 5. The number of carboxylic acids is 1. The second-order valence-electron chi connectivity index (χ2n) is 5.56. The monoisotopic (exact) mass is 355 g/mol. The molecule has 1 fully saturated rings. The number of rotatable bonds is 8. The first kappa shape index (κ1) is 18.7. The predicted molar refractivity (Wildman–Crippen MR) is 91.4 cm³/mol. The van der Waals surface area contributed by atoms with Gasteiger partial charge in [-0.2, -0.15) is 0 Å². The van der Waals surface area contributed by atoms with Gasteiger partial charge in [0.1, 0.15) is 6.04 Å². The first-order valence-corrected chi connectivity index (χ1v) is 8.24. The maximum atomic E-state index is 12.0. The molecule has 0 radical (unpaired) electrons. The summed E-state index contributed by atoms with van der Waals surface area (Å²) in [5.41, 5.74) is 0.546. The van der Waals surface area contributed by atoms with Crippen LogP contribution in [0.1, 0.15) is 6.42 Å². The van der Waals surface area contributed by atoms with Gasteiger partial charge in [-0.3, -0.25) is 14.5 Å². The number of carbonyl (C=O) groups is 2. The predicted octanol–water partition coefficient (Wildman–Crippen LogP) is 1.04. The zero-order chi connectivity index (χ0) is 17.4. The standard InChI is InChI=1S/C16H22ClN3O4/c17-12-2-1-3-13(10-12)19-15(21)11-14(16(22)23)18-4-5-20-6-8-24-9-7-20/h1-3,10,14,18H,4-9,11H2,(H,19,21)(H,22,23)/t14-/m1/s1. The lowest BCUT2D eigenvalue weighted by atomic mass is 10.2. The zero-order valence-corrected chi connectivity index (χ0v) is 14.1. The van der Waals surface area contributed by atoms with Gasteiger partial charge < -0.3 is 20.5 Å². The van der Waals surface area contributed by atoms with Crippen LogP contribution in [-0.4, -0.2) is 67.3 Å². The minimum Gasteiger partial charge on any atom is -0.480 e. The van der Waals surface area contributed by atoms with E-state index in [0.717, 1.165) is 19.6 Å². The van der Waals surface area contributed by atoms with Gasteiger partial charge in [0.05, 0.1) is 19.6 Å². The molecular formula is C16H22ClN3O4. The third-order valence-corrected chi connectivity index (χ3v) is 3.95. The summed E-state index contributed by atoms with van der Waals surface area (Å²) >= 11 is 5.86. The SMILES string of the molecule is O=C(C[C@@H](NCCN1CCOCC1)C(=O)O)Nc1cccc(Cl)c1. The molecule has 0 spiro atoms. The van der Waals surface area contributed by atoms with E-state index in [2.05, 4.69) is 15.5 Å². The van der Waals surface area contributed by atoms with Gasteiger partial charge in [-0.05, 0) is 18.2 Å². The molecule has 0 aliphatic carbocycles. The van der Waals surface area contributed by atoms with Crippen LogP contribution in [-0.2, 0) is 14.3 Å². The van der Waals surface area contributed by atoms with Crippen molar-refractivity contribution in [3.8, 4) is 0 Å². The lowest BCUT2D eigenvalue weighted by molar-refractivity contribution is -0.141. The summed E-state index contributed by atoms with van der Waals surface area (Å²) in [4.78, 5) is 25.5. The molecule has 1 aliphatic heterocycles. The van der Waals surface area contributed by atoms with Gasteiger partial charge in [0.25, 0.3) is 0 Å². The quantitative estimate of drug-likeness (QED) is 0.645. The highest BCUT2D eigenvalue weighted by molar-refractivity contribution is 6.30. The van der Waals surface area contributed by atoms with Crippen LogP contribution < -0.4 is 10.6 Å². The maximum absolute atomic E-state index is 12.0. The summed E-state index contributed by atoms with van der Waals surface area (Å²) in [5, 5.41) is 15.4. The first-order valence-electron chi connectivity index (χ1n) is 7.86. The average molecular weight is 356 g/mol. The van der Waals surface area contributed by atoms with E-state index in [9.17, 15) is 14.7 Å². The second-order valence-corrected chi connectivity index (χ2v) is 6.00. The topological polar surface area (TPSA) is 90.9 Å². The van der Waals surface area contributed by atoms with Crippen molar-refractivity contribution < 1.29 is 19.4 Å². The van der Waals surface area contributed by atoms with Gasteiger partial charge in [-0.1, -0.05) is 17.7 Å². The molecule has 1 saturated heterocycles. The Morgan fingerprint density at radius 2 is 2.08 bits per heavy atom. The Hall–Kier alpha value is -1.67. The molecule has 0 bridgehead atoms. The number of carboxylic acid groups (broad SMARTS) is 1. The van der Waals surface area contributed by atoms with Crippen LogP contribution in [0, 0.1) is 0 Å². The van der Waals surface area contributed by atoms with E-state index >= 15 is 0 Å².